The fraction of sp³-hybridized carbons (Fsp3) is 0.533. The van der Waals surface area contributed by atoms with Crippen molar-refractivity contribution in [3.05, 3.63) is 30.3 Å². The van der Waals surface area contributed by atoms with Crippen molar-refractivity contribution in [2.45, 2.75) is 38.9 Å². The third-order valence-corrected chi connectivity index (χ3v) is 8.41. The van der Waals surface area contributed by atoms with E-state index in [-0.39, 0.29) is 5.97 Å². The lowest BCUT2D eigenvalue weighted by molar-refractivity contribution is -0.140. The number of esters is 1. The van der Waals surface area contributed by atoms with Crippen LogP contribution in [0.5, 0.6) is 0 Å². The zero-order valence-corrected chi connectivity index (χ0v) is 13.1. The van der Waals surface area contributed by atoms with E-state index < -0.39 is 8.07 Å². The molecule has 0 fully saturated rings. The minimum Gasteiger partial charge on any atom is -0.469 e. The first-order valence-corrected chi connectivity index (χ1v) is 9.59. The van der Waals surface area contributed by atoms with E-state index in [1.165, 1.54) is 12.3 Å². The lowest BCUT2D eigenvalue weighted by Crippen LogP contribution is -2.48. The van der Waals surface area contributed by atoms with Gasteiger partial charge in [0.25, 0.3) is 0 Å². The van der Waals surface area contributed by atoms with E-state index in [2.05, 4.69) is 51.2 Å². The molecule has 2 nitrogen and oxygen atoms in total. The van der Waals surface area contributed by atoms with E-state index >= 15 is 0 Å². The monoisotopic (exact) mass is 264 g/mol. The summed E-state index contributed by atoms with van der Waals surface area (Å²) in [6, 6.07) is 10.6. The van der Waals surface area contributed by atoms with Crippen LogP contribution < -0.4 is 5.19 Å². The van der Waals surface area contributed by atoms with Crippen molar-refractivity contribution >= 4 is 19.2 Å². The largest absolute Gasteiger partial charge is 0.469 e. The highest BCUT2D eigenvalue weighted by atomic mass is 28.3. The van der Waals surface area contributed by atoms with Gasteiger partial charge in [-0.1, -0.05) is 62.5 Å². The first-order chi connectivity index (χ1) is 8.39. The Labute approximate surface area is 111 Å². The molecule has 0 unspecified atom stereocenters. The Bertz CT molecular complexity index is 385. The summed E-state index contributed by atoms with van der Waals surface area (Å²) in [6.07, 6.45) is 0.530. The molecule has 0 amide bonds. The van der Waals surface area contributed by atoms with Crippen LogP contribution in [0, 0.1) is 5.92 Å². The van der Waals surface area contributed by atoms with Crippen molar-refractivity contribution < 1.29 is 9.53 Å². The molecule has 0 N–H and O–H groups in total. The number of carbonyl (C=O) groups is 1. The number of rotatable bonds is 5. The Morgan fingerprint density at radius 3 is 2.22 bits per heavy atom. The number of benzene rings is 1. The number of hydrogen-bond donors (Lipinski definition) is 0. The number of carbonyl (C=O) groups excluding carboxylic acids is 1. The van der Waals surface area contributed by atoms with Crippen LogP contribution >= 0.6 is 0 Å². The fourth-order valence-corrected chi connectivity index (χ4v) is 6.49. The van der Waals surface area contributed by atoms with Gasteiger partial charge in [0.2, 0.25) is 0 Å². The Balaban J connectivity index is 3.01. The average Bonchev–Trinajstić information content (AvgIpc) is 2.36. The topological polar surface area (TPSA) is 26.3 Å². The number of ether oxygens (including phenoxy) is 1. The molecule has 0 heterocycles. The molecule has 1 atom stereocenters. The average molecular weight is 264 g/mol. The SMILES string of the molecule is COC(=O)C[C@H](C(C)C)[Si](C)(C)c1ccccc1. The predicted octanol–water partition coefficient (Wildman–Crippen LogP) is 3.19. The van der Waals surface area contributed by atoms with E-state index in [1.807, 2.05) is 6.07 Å². The van der Waals surface area contributed by atoms with Crippen molar-refractivity contribution in [2.75, 3.05) is 7.11 Å². The van der Waals surface area contributed by atoms with Crippen LogP contribution in [0.2, 0.25) is 18.6 Å². The lowest BCUT2D eigenvalue weighted by Gasteiger charge is -2.35. The molecule has 0 aliphatic rings. The summed E-state index contributed by atoms with van der Waals surface area (Å²) in [7, 11) is -0.183. The highest BCUT2D eigenvalue weighted by molar-refractivity contribution is 6.91. The molecule has 1 rings (SSSR count). The Morgan fingerprint density at radius 1 is 1.22 bits per heavy atom. The van der Waals surface area contributed by atoms with Gasteiger partial charge in [-0.15, -0.1) is 0 Å². The minimum absolute atomic E-state index is 0.0924. The second-order valence-corrected chi connectivity index (χ2v) is 10.5. The van der Waals surface area contributed by atoms with Gasteiger partial charge in [-0.05, 0) is 11.5 Å². The second-order valence-electron chi connectivity index (χ2n) is 5.72. The van der Waals surface area contributed by atoms with Crippen molar-refractivity contribution in [1.82, 2.24) is 0 Å². The van der Waals surface area contributed by atoms with Crippen molar-refractivity contribution in [3.8, 4) is 0 Å². The molecule has 100 valence electrons. The van der Waals surface area contributed by atoms with Gasteiger partial charge in [0.1, 0.15) is 0 Å². The normalized spacial score (nSPS) is 13.4. The number of methoxy groups -OCH3 is 1. The predicted molar refractivity (Wildman–Crippen MR) is 78.8 cm³/mol. The molecule has 0 bridgehead atoms. The molecule has 0 saturated carbocycles. The van der Waals surface area contributed by atoms with E-state index in [9.17, 15) is 4.79 Å². The summed E-state index contributed by atoms with van der Waals surface area (Å²) in [6.45, 7) is 9.09. The first-order valence-electron chi connectivity index (χ1n) is 6.52. The fourth-order valence-electron chi connectivity index (χ4n) is 2.67. The summed E-state index contributed by atoms with van der Waals surface area (Å²) < 4.78 is 4.85. The summed E-state index contributed by atoms with van der Waals surface area (Å²) in [5.74, 6) is 0.399. The van der Waals surface area contributed by atoms with Crippen molar-refractivity contribution in [2.24, 2.45) is 5.92 Å². The summed E-state index contributed by atoms with van der Waals surface area (Å²) in [5.41, 5.74) is 0.410. The summed E-state index contributed by atoms with van der Waals surface area (Å²) >= 11 is 0. The maximum absolute atomic E-state index is 11.6. The summed E-state index contributed by atoms with van der Waals surface area (Å²) in [5, 5.41) is 1.41. The van der Waals surface area contributed by atoms with Crippen LogP contribution in [0.15, 0.2) is 30.3 Å². The molecule has 18 heavy (non-hydrogen) atoms. The van der Waals surface area contributed by atoms with Gasteiger partial charge in [-0.25, -0.2) is 0 Å². The molecule has 1 aromatic rings. The zero-order valence-electron chi connectivity index (χ0n) is 12.1. The minimum atomic E-state index is -1.65. The highest BCUT2D eigenvalue weighted by Gasteiger charge is 2.37. The van der Waals surface area contributed by atoms with Gasteiger partial charge < -0.3 is 4.74 Å². The Morgan fingerprint density at radius 2 is 1.78 bits per heavy atom. The molecule has 1 aromatic carbocycles. The van der Waals surface area contributed by atoms with E-state index in [4.69, 9.17) is 4.74 Å². The third-order valence-electron chi connectivity index (χ3n) is 3.86. The van der Waals surface area contributed by atoms with Crippen LogP contribution in [-0.4, -0.2) is 21.2 Å². The summed E-state index contributed by atoms with van der Waals surface area (Å²) in [4.78, 5) is 11.6. The zero-order chi connectivity index (χ0) is 13.8. The van der Waals surface area contributed by atoms with E-state index in [0.717, 1.165) is 0 Å². The van der Waals surface area contributed by atoms with Crippen LogP contribution in [-0.2, 0) is 9.53 Å². The van der Waals surface area contributed by atoms with Crippen LogP contribution in [0.1, 0.15) is 20.3 Å². The van der Waals surface area contributed by atoms with E-state index in [0.29, 0.717) is 17.9 Å². The van der Waals surface area contributed by atoms with Crippen molar-refractivity contribution in [1.29, 1.82) is 0 Å². The maximum atomic E-state index is 11.6. The van der Waals surface area contributed by atoms with Gasteiger partial charge in [-0.2, -0.15) is 0 Å². The maximum Gasteiger partial charge on any atom is 0.305 e. The van der Waals surface area contributed by atoms with Gasteiger partial charge in [0.15, 0.2) is 0 Å². The first kappa shape index (κ1) is 15.0. The van der Waals surface area contributed by atoms with Crippen LogP contribution in [0.25, 0.3) is 0 Å². The van der Waals surface area contributed by atoms with Crippen LogP contribution in [0.4, 0.5) is 0 Å². The second kappa shape index (κ2) is 6.18. The van der Waals surface area contributed by atoms with Gasteiger partial charge >= 0.3 is 5.97 Å². The van der Waals surface area contributed by atoms with E-state index in [1.54, 1.807) is 0 Å². The van der Waals surface area contributed by atoms with Gasteiger partial charge in [0.05, 0.1) is 15.2 Å². The molecule has 0 radical (unpaired) electrons. The molecule has 0 saturated heterocycles. The van der Waals surface area contributed by atoms with Gasteiger partial charge in [-0.3, -0.25) is 4.79 Å². The molecular formula is C15H24O2Si. The van der Waals surface area contributed by atoms with Crippen LogP contribution in [0.3, 0.4) is 0 Å². The standard InChI is InChI=1S/C15H24O2Si/c1-12(2)14(11-15(16)17-3)18(4,5)13-9-7-6-8-10-13/h6-10,12,14H,11H2,1-5H3/t14-/m1/s1. The van der Waals surface area contributed by atoms with Gasteiger partial charge in [0, 0.05) is 6.42 Å². The highest BCUT2D eigenvalue weighted by Crippen LogP contribution is 2.33. The molecule has 0 aliphatic carbocycles. The molecule has 0 aliphatic heterocycles. The molecular weight excluding hydrogens is 240 g/mol. The quantitative estimate of drug-likeness (QED) is 0.603. The Hall–Kier alpha value is -1.09. The lowest BCUT2D eigenvalue weighted by atomic mass is 10.1. The van der Waals surface area contributed by atoms with Crippen molar-refractivity contribution in [3.63, 3.8) is 0 Å². The number of hydrogen-bond acceptors (Lipinski definition) is 2. The smallest absolute Gasteiger partial charge is 0.305 e. The molecule has 0 spiro atoms. The Kier molecular flexibility index (Phi) is 5.14. The third kappa shape index (κ3) is 3.45. The molecule has 0 aromatic heterocycles. The molecule has 3 heteroatoms.